The predicted molar refractivity (Wildman–Crippen MR) is 122 cm³/mol. The molecule has 32 heavy (non-hydrogen) atoms. The molecule has 2 N–H and O–H groups in total. The summed E-state index contributed by atoms with van der Waals surface area (Å²) in [7, 11) is -5.80. The van der Waals surface area contributed by atoms with Gasteiger partial charge >= 0.3 is 8.25 Å². The average molecular weight is 488 g/mol. The molecule has 2 aromatic rings. The van der Waals surface area contributed by atoms with Crippen LogP contribution in [0.25, 0.3) is 5.65 Å². The lowest BCUT2D eigenvalue weighted by atomic mass is 10.1. The van der Waals surface area contributed by atoms with Crippen LogP contribution in [-0.2, 0) is 18.3 Å². The van der Waals surface area contributed by atoms with Crippen molar-refractivity contribution in [3.8, 4) is 0 Å². The molecule has 1 saturated heterocycles. The van der Waals surface area contributed by atoms with E-state index in [-0.39, 0.29) is 34.3 Å². The summed E-state index contributed by atoms with van der Waals surface area (Å²) < 4.78 is 33.4. The summed E-state index contributed by atoms with van der Waals surface area (Å²) >= 11 is 0. The fraction of sp³-hybridized carbons (Fsp3) is 0.700. The molecule has 0 aliphatic carbocycles. The van der Waals surface area contributed by atoms with E-state index in [0.29, 0.717) is 0 Å². The van der Waals surface area contributed by atoms with Crippen molar-refractivity contribution in [2.75, 3.05) is 6.61 Å². The number of fused-ring (bicyclic) bond motifs is 1. The molecule has 3 rings (SSSR count). The largest absolute Gasteiger partial charge is 0.408 e. The molecule has 1 unspecified atom stereocenters. The molecule has 0 aromatic carbocycles. The van der Waals surface area contributed by atoms with Gasteiger partial charge in [-0.15, -0.1) is 0 Å². The Labute approximate surface area is 189 Å². The molecule has 180 valence electrons. The van der Waals surface area contributed by atoms with Gasteiger partial charge < -0.3 is 19.2 Å². The van der Waals surface area contributed by atoms with E-state index in [0.717, 1.165) is 0 Å². The minimum atomic E-state index is -3.36. The molecular weight excluding hydrogens is 453 g/mol. The molecule has 0 saturated carbocycles. The molecule has 5 atom stereocenters. The molecule has 0 radical (unpaired) electrons. The van der Waals surface area contributed by atoms with Crippen LogP contribution < -0.4 is 5.43 Å². The van der Waals surface area contributed by atoms with E-state index in [2.05, 4.69) is 46.5 Å². The summed E-state index contributed by atoms with van der Waals surface area (Å²) in [5.74, 6) is 0. The van der Waals surface area contributed by atoms with Crippen molar-refractivity contribution in [1.29, 1.82) is 0 Å². The van der Waals surface area contributed by atoms with Gasteiger partial charge in [-0.3, -0.25) is 18.6 Å². The Bertz CT molecular complexity index is 987. The van der Waals surface area contributed by atoms with E-state index in [1.165, 1.54) is 23.0 Å². The lowest BCUT2D eigenvalue weighted by Gasteiger charge is -2.45. The number of aliphatic hydroxyl groups excluding tert-OH is 1. The second kappa shape index (κ2) is 9.88. The molecule has 1 fully saturated rings. The van der Waals surface area contributed by atoms with Crippen LogP contribution in [0.4, 0.5) is 0 Å². The molecule has 0 bridgehead atoms. The second-order valence-corrected chi connectivity index (χ2v) is 15.3. The Morgan fingerprint density at radius 2 is 1.78 bits per heavy atom. The summed E-state index contributed by atoms with van der Waals surface area (Å²) in [5, 5.41) is 10.1. The van der Waals surface area contributed by atoms with Gasteiger partial charge in [-0.05, 0) is 16.6 Å². The normalized spacial score (nSPS) is 25.5. The zero-order valence-electron chi connectivity index (χ0n) is 19.3. The maximum absolute atomic E-state index is 12.2. The monoisotopic (exact) mass is 487 g/mol. The van der Waals surface area contributed by atoms with E-state index in [4.69, 9.17) is 13.7 Å². The number of ether oxygens (including phenoxy) is 1. The maximum Gasteiger partial charge on any atom is 0.317 e. The minimum absolute atomic E-state index is 0.187. The van der Waals surface area contributed by atoms with Crippen molar-refractivity contribution < 1.29 is 28.3 Å². The zero-order chi connectivity index (χ0) is 23.8. The predicted octanol–water partition coefficient (Wildman–Crippen LogP) is 2.71. The molecule has 1 aliphatic rings. The van der Waals surface area contributed by atoms with Crippen molar-refractivity contribution in [2.24, 2.45) is 0 Å². The number of aromatic nitrogens is 3. The van der Waals surface area contributed by atoms with Crippen molar-refractivity contribution in [3.05, 3.63) is 34.9 Å². The third-order valence-corrected chi connectivity index (χ3v) is 13.0. The van der Waals surface area contributed by atoms with Crippen LogP contribution in [0.2, 0.25) is 16.6 Å². The van der Waals surface area contributed by atoms with Gasteiger partial charge in [-0.2, -0.15) is 0 Å². The SMILES string of the molecule is CC(C)[Si](O[C@H]1[C@@H](O[PH](=O)O)[C@H](n2ccc(=O)c3nccn32)O[C@@H]1CO)(C(C)C)C(C)C. The lowest BCUT2D eigenvalue weighted by molar-refractivity contribution is -0.0577. The molecule has 2 aromatic heterocycles. The molecule has 3 heterocycles. The third kappa shape index (κ3) is 4.39. The fourth-order valence-corrected chi connectivity index (χ4v) is 11.3. The lowest BCUT2D eigenvalue weighted by Crippen LogP contribution is -2.54. The van der Waals surface area contributed by atoms with Crippen molar-refractivity contribution in [3.63, 3.8) is 0 Å². The Morgan fingerprint density at radius 1 is 1.16 bits per heavy atom. The first-order valence-electron chi connectivity index (χ1n) is 10.9. The van der Waals surface area contributed by atoms with Crippen molar-refractivity contribution in [1.82, 2.24) is 14.2 Å². The van der Waals surface area contributed by atoms with Gasteiger partial charge in [0, 0.05) is 24.7 Å². The van der Waals surface area contributed by atoms with E-state index in [9.17, 15) is 19.4 Å². The van der Waals surface area contributed by atoms with Gasteiger partial charge in [0.1, 0.15) is 18.3 Å². The van der Waals surface area contributed by atoms with Crippen molar-refractivity contribution in [2.45, 2.75) is 82.7 Å². The first-order chi connectivity index (χ1) is 15.0. The second-order valence-electron chi connectivity index (χ2n) is 9.15. The number of rotatable bonds is 9. The number of hydrogen-bond acceptors (Lipinski definition) is 7. The van der Waals surface area contributed by atoms with Crippen LogP contribution in [-0.4, -0.2) is 57.4 Å². The quantitative estimate of drug-likeness (QED) is 0.409. The van der Waals surface area contributed by atoms with Gasteiger partial charge in [0.05, 0.1) is 6.61 Å². The van der Waals surface area contributed by atoms with Gasteiger partial charge in [0.25, 0.3) is 0 Å². The van der Waals surface area contributed by atoms with Crippen LogP contribution in [0.5, 0.6) is 0 Å². The van der Waals surface area contributed by atoms with E-state index < -0.39 is 41.1 Å². The van der Waals surface area contributed by atoms with E-state index in [1.807, 2.05) is 0 Å². The Kier molecular flexibility index (Phi) is 7.81. The van der Waals surface area contributed by atoms with Crippen LogP contribution in [0.15, 0.2) is 29.5 Å². The Morgan fingerprint density at radius 3 is 2.31 bits per heavy atom. The first kappa shape index (κ1) is 25.3. The fourth-order valence-electron chi connectivity index (χ4n) is 5.25. The smallest absolute Gasteiger partial charge is 0.317 e. The number of hydrogen-bond donors (Lipinski definition) is 2. The molecule has 1 aliphatic heterocycles. The Hall–Kier alpha value is -1.33. The summed E-state index contributed by atoms with van der Waals surface area (Å²) in [6.45, 7) is 12.5. The standard InChI is InChI=1S/C20H34N3O7PSi/c1-12(2)32(13(3)4,14(5)6)30-17-16(11-24)28-20(18(17)29-31(26)27)23-9-7-15(25)19-21-8-10-22(19)23/h7-10,12-14,16-18,20,24,31H,11H2,1-6H3,(H,26,27)/t16-,17-,18-,20-/m1/s1. The topological polar surface area (TPSA) is 125 Å². The van der Waals surface area contributed by atoms with Crippen molar-refractivity contribution >= 4 is 22.2 Å². The molecule has 0 amide bonds. The van der Waals surface area contributed by atoms with E-state index >= 15 is 0 Å². The molecular formula is C20H34N3O7PSi. The van der Waals surface area contributed by atoms with Gasteiger partial charge in [-0.1, -0.05) is 41.5 Å². The zero-order valence-corrected chi connectivity index (χ0v) is 21.3. The Balaban J connectivity index is 2.10. The highest BCUT2D eigenvalue weighted by Gasteiger charge is 2.54. The van der Waals surface area contributed by atoms with Crippen LogP contribution in [0, 0.1) is 0 Å². The van der Waals surface area contributed by atoms with Gasteiger partial charge in [0.15, 0.2) is 11.9 Å². The average Bonchev–Trinajstić information content (AvgIpc) is 3.31. The first-order valence-corrected chi connectivity index (χ1v) is 14.3. The van der Waals surface area contributed by atoms with Crippen LogP contribution in [0.3, 0.4) is 0 Å². The highest BCUT2D eigenvalue weighted by molar-refractivity contribution is 7.32. The van der Waals surface area contributed by atoms with Gasteiger partial charge in [0.2, 0.25) is 13.7 Å². The molecule has 12 heteroatoms. The van der Waals surface area contributed by atoms with Gasteiger partial charge in [-0.25, -0.2) is 9.50 Å². The van der Waals surface area contributed by atoms with E-state index in [1.54, 1.807) is 10.9 Å². The number of imidazole rings is 1. The summed E-state index contributed by atoms with van der Waals surface area (Å²) in [6.07, 6.45) is 1.18. The highest BCUT2D eigenvalue weighted by Crippen LogP contribution is 2.47. The number of aliphatic hydroxyl groups is 1. The number of nitrogens with zero attached hydrogens (tertiary/aromatic N) is 3. The summed E-state index contributed by atoms with van der Waals surface area (Å²) in [6, 6.07) is 1.35. The van der Waals surface area contributed by atoms with Crippen LogP contribution in [0.1, 0.15) is 47.8 Å². The summed E-state index contributed by atoms with van der Waals surface area (Å²) in [5.41, 5.74) is 0.669. The molecule has 0 spiro atoms. The third-order valence-electron chi connectivity index (χ3n) is 6.48. The van der Waals surface area contributed by atoms with Crippen LogP contribution >= 0.6 is 8.25 Å². The summed E-state index contributed by atoms with van der Waals surface area (Å²) in [4.78, 5) is 25.9. The maximum atomic E-state index is 12.2. The highest BCUT2D eigenvalue weighted by atomic mass is 31.1. The minimum Gasteiger partial charge on any atom is -0.408 e. The molecule has 10 nitrogen and oxygen atoms in total.